The van der Waals surface area contributed by atoms with E-state index in [1.54, 1.807) is 11.8 Å². The van der Waals surface area contributed by atoms with E-state index in [0.717, 1.165) is 46.0 Å². The number of carbonyl (C=O) groups excluding carboxylic acids is 1. The largest absolute Gasteiger partial charge is 0.325 e. The van der Waals surface area contributed by atoms with Crippen LogP contribution >= 0.6 is 23.5 Å². The van der Waals surface area contributed by atoms with Gasteiger partial charge in [-0.1, -0.05) is 36.9 Å². The number of hydrogen-bond donors (Lipinski definition) is 2. The number of benzene rings is 1. The fraction of sp³-hybridized carbons (Fsp3) is 0.353. The first-order valence-corrected chi connectivity index (χ1v) is 9.93. The van der Waals surface area contributed by atoms with Crippen LogP contribution in [0, 0.1) is 6.92 Å². The molecule has 7 heteroatoms. The highest BCUT2D eigenvalue weighted by atomic mass is 32.2. The molecule has 1 aromatic heterocycles. The summed E-state index contributed by atoms with van der Waals surface area (Å²) in [5.74, 6) is 1.60. The van der Waals surface area contributed by atoms with Crippen molar-refractivity contribution in [2.45, 2.75) is 36.9 Å². The average molecular weight is 361 g/mol. The van der Waals surface area contributed by atoms with Crippen LogP contribution in [0.15, 0.2) is 28.2 Å². The van der Waals surface area contributed by atoms with Gasteiger partial charge in [-0.3, -0.25) is 9.59 Å². The van der Waals surface area contributed by atoms with E-state index in [-0.39, 0.29) is 17.2 Å². The van der Waals surface area contributed by atoms with E-state index in [2.05, 4.69) is 22.2 Å². The zero-order chi connectivity index (χ0) is 17.1. The summed E-state index contributed by atoms with van der Waals surface area (Å²) in [6.45, 7) is 4.05. The third kappa shape index (κ3) is 3.67. The van der Waals surface area contributed by atoms with Crippen molar-refractivity contribution in [1.82, 2.24) is 9.97 Å². The van der Waals surface area contributed by atoms with Gasteiger partial charge in [-0.05, 0) is 24.5 Å². The van der Waals surface area contributed by atoms with Gasteiger partial charge in [0.25, 0.3) is 5.56 Å². The van der Waals surface area contributed by atoms with Gasteiger partial charge in [0.1, 0.15) is 0 Å². The number of carbonyl (C=O) groups is 1. The van der Waals surface area contributed by atoms with Gasteiger partial charge in [0, 0.05) is 22.8 Å². The van der Waals surface area contributed by atoms with Crippen LogP contribution in [-0.2, 0) is 22.7 Å². The van der Waals surface area contributed by atoms with Gasteiger partial charge in [0.2, 0.25) is 5.91 Å². The first-order chi connectivity index (χ1) is 11.6. The zero-order valence-electron chi connectivity index (χ0n) is 13.6. The lowest BCUT2D eigenvalue weighted by molar-refractivity contribution is -0.113. The van der Waals surface area contributed by atoms with E-state index in [9.17, 15) is 9.59 Å². The maximum Gasteiger partial charge on any atom is 0.255 e. The van der Waals surface area contributed by atoms with E-state index < -0.39 is 0 Å². The molecule has 0 saturated carbocycles. The normalized spacial score (nSPS) is 12.9. The van der Waals surface area contributed by atoms with Crippen LogP contribution < -0.4 is 10.9 Å². The molecular formula is C17H19N3O2S2. The molecule has 0 fully saturated rings. The fourth-order valence-electron chi connectivity index (χ4n) is 2.62. The number of aryl methyl sites for hydroxylation is 2. The van der Waals surface area contributed by atoms with Crippen molar-refractivity contribution < 1.29 is 4.79 Å². The van der Waals surface area contributed by atoms with Gasteiger partial charge < -0.3 is 10.3 Å². The molecule has 2 heterocycles. The van der Waals surface area contributed by atoms with Crippen LogP contribution in [0.5, 0.6) is 0 Å². The second-order valence-electron chi connectivity index (χ2n) is 5.59. The summed E-state index contributed by atoms with van der Waals surface area (Å²) in [6, 6.07) is 6.00. The summed E-state index contributed by atoms with van der Waals surface area (Å²) in [5, 5.41) is 3.49. The quantitative estimate of drug-likeness (QED) is 0.632. The van der Waals surface area contributed by atoms with Crippen LogP contribution in [0.3, 0.4) is 0 Å². The topological polar surface area (TPSA) is 74.8 Å². The smallest absolute Gasteiger partial charge is 0.255 e. The highest BCUT2D eigenvalue weighted by Gasteiger charge is 2.18. The Hall–Kier alpha value is -1.73. The molecule has 1 aliphatic heterocycles. The molecule has 126 valence electrons. The first kappa shape index (κ1) is 17.1. The van der Waals surface area contributed by atoms with Crippen LogP contribution in [0.2, 0.25) is 0 Å². The molecule has 5 nitrogen and oxygen atoms in total. The highest BCUT2D eigenvalue weighted by molar-refractivity contribution is 7.99. The Morgan fingerprint density at radius 1 is 1.42 bits per heavy atom. The Morgan fingerprint density at radius 3 is 3.04 bits per heavy atom. The molecule has 0 atom stereocenters. The van der Waals surface area contributed by atoms with Crippen molar-refractivity contribution in [2.75, 3.05) is 11.1 Å². The summed E-state index contributed by atoms with van der Waals surface area (Å²) in [4.78, 5) is 31.5. The molecule has 0 spiro atoms. The van der Waals surface area contributed by atoms with Crippen molar-refractivity contribution in [2.24, 2.45) is 0 Å². The monoisotopic (exact) mass is 361 g/mol. The Balaban J connectivity index is 1.67. The summed E-state index contributed by atoms with van der Waals surface area (Å²) >= 11 is 2.95. The van der Waals surface area contributed by atoms with Crippen molar-refractivity contribution >= 4 is 35.1 Å². The average Bonchev–Trinajstić information content (AvgIpc) is 3.04. The molecule has 0 unspecified atom stereocenters. The SMILES string of the molecule is CCc1cccc(C)c1NC(=O)CSc1nc2c(c(=O)[nH]1)CSC2. The number of rotatable bonds is 5. The number of thioether (sulfide) groups is 2. The lowest BCUT2D eigenvalue weighted by atomic mass is 10.1. The summed E-state index contributed by atoms with van der Waals surface area (Å²) in [5.41, 5.74) is 4.58. The minimum Gasteiger partial charge on any atom is -0.325 e. The van der Waals surface area contributed by atoms with Crippen molar-refractivity contribution in [3.05, 3.63) is 50.9 Å². The van der Waals surface area contributed by atoms with E-state index in [1.807, 2.05) is 25.1 Å². The van der Waals surface area contributed by atoms with Crippen molar-refractivity contribution in [3.63, 3.8) is 0 Å². The predicted octanol–water partition coefficient (Wildman–Crippen LogP) is 3.12. The van der Waals surface area contributed by atoms with Crippen LogP contribution in [0.1, 0.15) is 29.3 Å². The Kier molecular flexibility index (Phi) is 5.30. The van der Waals surface area contributed by atoms with Crippen LogP contribution in [0.4, 0.5) is 5.69 Å². The lowest BCUT2D eigenvalue weighted by Crippen LogP contribution is -2.18. The third-order valence-electron chi connectivity index (χ3n) is 3.91. The van der Waals surface area contributed by atoms with Crippen molar-refractivity contribution in [3.8, 4) is 0 Å². The molecule has 0 aliphatic carbocycles. The number of hydrogen-bond acceptors (Lipinski definition) is 5. The Labute approximate surface area is 149 Å². The summed E-state index contributed by atoms with van der Waals surface area (Å²) in [6.07, 6.45) is 0.863. The minimum atomic E-state index is -0.0958. The second kappa shape index (κ2) is 7.44. The molecule has 1 aliphatic rings. The maximum atomic E-state index is 12.3. The van der Waals surface area contributed by atoms with E-state index >= 15 is 0 Å². The molecule has 24 heavy (non-hydrogen) atoms. The van der Waals surface area contributed by atoms with Gasteiger partial charge in [0.05, 0.1) is 11.4 Å². The molecule has 0 saturated heterocycles. The number of aromatic nitrogens is 2. The molecule has 0 radical (unpaired) electrons. The van der Waals surface area contributed by atoms with Gasteiger partial charge in [-0.2, -0.15) is 11.8 Å². The van der Waals surface area contributed by atoms with Crippen LogP contribution in [0.25, 0.3) is 0 Å². The fourth-order valence-corrected chi connectivity index (χ4v) is 4.34. The number of anilines is 1. The summed E-state index contributed by atoms with van der Waals surface area (Å²) in [7, 11) is 0. The molecule has 3 rings (SSSR count). The number of nitrogens with one attached hydrogen (secondary N) is 2. The number of para-hydroxylation sites is 1. The first-order valence-electron chi connectivity index (χ1n) is 7.79. The number of fused-ring (bicyclic) bond motifs is 1. The number of amides is 1. The number of nitrogens with zero attached hydrogens (tertiary/aromatic N) is 1. The van der Waals surface area contributed by atoms with Gasteiger partial charge in [-0.15, -0.1) is 0 Å². The standard InChI is InChI=1S/C17H19N3O2S2/c1-3-11-6-4-5-10(2)15(11)19-14(21)9-24-17-18-13-8-23-7-12(13)16(22)20-17/h4-6H,3,7-9H2,1-2H3,(H,19,21)(H,18,20,22). The molecule has 2 aromatic rings. The molecule has 1 amide bonds. The van der Waals surface area contributed by atoms with Crippen LogP contribution in [-0.4, -0.2) is 21.6 Å². The second-order valence-corrected chi connectivity index (χ2v) is 7.54. The van der Waals surface area contributed by atoms with E-state index in [1.165, 1.54) is 11.8 Å². The van der Waals surface area contributed by atoms with Gasteiger partial charge in [0.15, 0.2) is 5.16 Å². The Bertz CT molecular complexity index is 833. The lowest BCUT2D eigenvalue weighted by Gasteiger charge is -2.12. The maximum absolute atomic E-state index is 12.3. The predicted molar refractivity (Wildman–Crippen MR) is 99.8 cm³/mol. The molecule has 0 bridgehead atoms. The van der Waals surface area contributed by atoms with Gasteiger partial charge in [-0.25, -0.2) is 4.98 Å². The Morgan fingerprint density at radius 2 is 2.25 bits per heavy atom. The van der Waals surface area contributed by atoms with Gasteiger partial charge >= 0.3 is 0 Å². The summed E-state index contributed by atoms with van der Waals surface area (Å²) < 4.78 is 0. The zero-order valence-corrected chi connectivity index (χ0v) is 15.3. The number of H-pyrrole nitrogens is 1. The minimum absolute atomic E-state index is 0.0833. The van der Waals surface area contributed by atoms with E-state index in [0.29, 0.717) is 5.16 Å². The molecule has 1 aromatic carbocycles. The third-order valence-corrected chi connectivity index (χ3v) is 5.75. The van der Waals surface area contributed by atoms with Crippen molar-refractivity contribution in [1.29, 1.82) is 0 Å². The molecular weight excluding hydrogens is 342 g/mol. The highest BCUT2D eigenvalue weighted by Crippen LogP contribution is 2.27. The molecule has 2 N–H and O–H groups in total. The number of aromatic amines is 1. The van der Waals surface area contributed by atoms with E-state index in [4.69, 9.17) is 0 Å².